The minimum atomic E-state index is -1.62. The highest BCUT2D eigenvalue weighted by Crippen LogP contribution is 2.25. The Bertz CT molecular complexity index is 970. The van der Waals surface area contributed by atoms with E-state index in [-0.39, 0.29) is 22.3 Å². The monoisotopic (exact) mass is 346 g/mol. The van der Waals surface area contributed by atoms with Crippen LogP contribution in [0, 0.1) is 0 Å². The van der Waals surface area contributed by atoms with Crippen molar-refractivity contribution < 1.29 is 13.9 Å². The summed E-state index contributed by atoms with van der Waals surface area (Å²) in [6.07, 6.45) is -1.62. The van der Waals surface area contributed by atoms with Gasteiger partial charge in [-0.3, -0.25) is 4.79 Å². The van der Waals surface area contributed by atoms with E-state index in [1.54, 1.807) is 12.1 Å². The number of fused-ring (bicyclic) bond motifs is 1. The summed E-state index contributed by atoms with van der Waals surface area (Å²) < 4.78 is 19.3. The largest absolute Gasteiger partial charge is 0.465 e. The molecule has 3 aromatic rings. The van der Waals surface area contributed by atoms with Gasteiger partial charge in [-0.1, -0.05) is 23.7 Å². The van der Waals surface area contributed by atoms with E-state index in [1.807, 2.05) is 0 Å². The van der Waals surface area contributed by atoms with Crippen molar-refractivity contribution in [1.82, 2.24) is 9.97 Å². The van der Waals surface area contributed by atoms with Crippen LogP contribution in [-0.2, 0) is 4.74 Å². The molecule has 2 aromatic carbocycles. The van der Waals surface area contributed by atoms with Gasteiger partial charge in [-0.2, -0.15) is 0 Å². The van der Waals surface area contributed by atoms with Gasteiger partial charge in [0.05, 0.1) is 23.6 Å². The second-order valence-electron chi connectivity index (χ2n) is 5.09. The number of ether oxygens (including phenoxy) is 1. The summed E-state index contributed by atoms with van der Waals surface area (Å²) in [6.45, 7) is 0. The number of H-pyrrole nitrogens is 1. The lowest BCUT2D eigenvalue weighted by atomic mass is 10.1. The van der Waals surface area contributed by atoms with Gasteiger partial charge in [0.25, 0.3) is 5.56 Å². The zero-order valence-electron chi connectivity index (χ0n) is 12.5. The highest BCUT2D eigenvalue weighted by atomic mass is 35.5. The molecule has 1 heterocycles. The number of rotatable bonds is 3. The molecule has 5 nitrogen and oxygen atoms in total. The van der Waals surface area contributed by atoms with Crippen LogP contribution < -0.4 is 5.56 Å². The van der Waals surface area contributed by atoms with E-state index >= 15 is 0 Å². The molecule has 0 spiro atoms. The zero-order valence-corrected chi connectivity index (χ0v) is 13.3. The number of benzene rings is 2. The molecule has 0 bridgehead atoms. The normalized spacial score (nSPS) is 12.1. The van der Waals surface area contributed by atoms with Crippen LogP contribution in [0.2, 0.25) is 5.02 Å². The number of methoxy groups -OCH3 is 1. The second-order valence-corrected chi connectivity index (χ2v) is 5.53. The lowest BCUT2D eigenvalue weighted by Gasteiger charge is -2.09. The molecule has 3 rings (SSSR count). The van der Waals surface area contributed by atoms with Gasteiger partial charge < -0.3 is 9.72 Å². The Balaban J connectivity index is 2.09. The van der Waals surface area contributed by atoms with Gasteiger partial charge in [0.15, 0.2) is 6.17 Å². The maximum atomic E-state index is 14.7. The first kappa shape index (κ1) is 16.1. The Morgan fingerprint density at radius 2 is 1.96 bits per heavy atom. The minimum absolute atomic E-state index is 0.142. The van der Waals surface area contributed by atoms with Crippen LogP contribution in [-0.4, -0.2) is 23.0 Å². The number of aromatic amines is 1. The molecule has 0 saturated heterocycles. The molecule has 0 amide bonds. The molecule has 0 aliphatic heterocycles. The van der Waals surface area contributed by atoms with Gasteiger partial charge in [-0.05, 0) is 35.9 Å². The van der Waals surface area contributed by atoms with Gasteiger partial charge in [0.1, 0.15) is 5.82 Å². The van der Waals surface area contributed by atoms with Gasteiger partial charge in [-0.25, -0.2) is 14.2 Å². The number of nitrogens with one attached hydrogen (secondary N) is 1. The predicted molar refractivity (Wildman–Crippen MR) is 88.1 cm³/mol. The van der Waals surface area contributed by atoms with Crippen molar-refractivity contribution in [3.63, 3.8) is 0 Å². The van der Waals surface area contributed by atoms with E-state index in [1.165, 1.54) is 37.4 Å². The summed E-state index contributed by atoms with van der Waals surface area (Å²) in [6, 6.07) is 10.4. The Hall–Kier alpha value is -2.73. The standard InChI is InChI=1S/C17H12ClFN2O3/c1-24-17(23)10-4-7-12-13(8-10)20-15(21-16(12)22)14(19)9-2-5-11(18)6-3-9/h2-8,14H,1H3,(H,20,21,22). The quantitative estimate of drug-likeness (QED) is 0.737. The van der Waals surface area contributed by atoms with Crippen LogP contribution in [0.15, 0.2) is 47.3 Å². The molecular formula is C17H12ClFN2O3. The van der Waals surface area contributed by atoms with E-state index in [0.717, 1.165) is 0 Å². The van der Waals surface area contributed by atoms with E-state index in [4.69, 9.17) is 11.6 Å². The lowest BCUT2D eigenvalue weighted by molar-refractivity contribution is 0.0601. The van der Waals surface area contributed by atoms with E-state index < -0.39 is 17.7 Å². The summed E-state index contributed by atoms with van der Waals surface area (Å²) in [5.74, 6) is -0.702. The maximum absolute atomic E-state index is 14.7. The molecule has 0 aliphatic carbocycles. The average Bonchev–Trinajstić information content (AvgIpc) is 2.60. The number of hydrogen-bond donors (Lipinski definition) is 1. The van der Waals surface area contributed by atoms with Crippen LogP contribution in [0.25, 0.3) is 10.9 Å². The second kappa shape index (κ2) is 6.41. The van der Waals surface area contributed by atoms with Crippen molar-refractivity contribution in [2.45, 2.75) is 6.17 Å². The molecule has 24 heavy (non-hydrogen) atoms. The predicted octanol–water partition coefficient (Wildman–Crippen LogP) is 3.42. The fourth-order valence-corrected chi connectivity index (χ4v) is 2.44. The van der Waals surface area contributed by atoms with Gasteiger partial charge in [-0.15, -0.1) is 0 Å². The first-order valence-corrected chi connectivity index (χ1v) is 7.39. The first-order valence-electron chi connectivity index (χ1n) is 7.01. The van der Waals surface area contributed by atoms with Crippen LogP contribution in [0.5, 0.6) is 0 Å². The topological polar surface area (TPSA) is 72.1 Å². The van der Waals surface area contributed by atoms with Crippen molar-refractivity contribution in [2.24, 2.45) is 0 Å². The highest BCUT2D eigenvalue weighted by Gasteiger charge is 2.17. The maximum Gasteiger partial charge on any atom is 0.337 e. The van der Waals surface area contributed by atoms with Crippen molar-refractivity contribution in [3.05, 3.63) is 74.8 Å². The molecule has 0 saturated carbocycles. The first-order chi connectivity index (χ1) is 11.5. The van der Waals surface area contributed by atoms with Gasteiger partial charge >= 0.3 is 5.97 Å². The van der Waals surface area contributed by atoms with Crippen molar-refractivity contribution >= 4 is 28.5 Å². The Morgan fingerprint density at radius 3 is 2.62 bits per heavy atom. The van der Waals surface area contributed by atoms with Gasteiger partial charge in [0, 0.05) is 5.02 Å². The SMILES string of the molecule is COC(=O)c1ccc2c(=O)[nH]c(C(F)c3ccc(Cl)cc3)nc2c1. The molecule has 0 radical (unpaired) electrons. The summed E-state index contributed by atoms with van der Waals surface area (Å²) in [7, 11) is 1.25. The summed E-state index contributed by atoms with van der Waals surface area (Å²) in [4.78, 5) is 30.3. The third-order valence-corrected chi connectivity index (χ3v) is 3.80. The number of alkyl halides is 1. The van der Waals surface area contributed by atoms with E-state index in [9.17, 15) is 14.0 Å². The van der Waals surface area contributed by atoms with Crippen molar-refractivity contribution in [3.8, 4) is 0 Å². The summed E-state index contributed by atoms with van der Waals surface area (Å²) in [5, 5.41) is 0.739. The molecule has 1 unspecified atom stereocenters. The molecular weight excluding hydrogens is 335 g/mol. The number of carbonyl (C=O) groups excluding carboxylic acids is 1. The number of hydrogen-bond acceptors (Lipinski definition) is 4. The van der Waals surface area contributed by atoms with E-state index in [2.05, 4.69) is 14.7 Å². The number of halogens is 2. The minimum Gasteiger partial charge on any atom is -0.465 e. The molecule has 1 aromatic heterocycles. The highest BCUT2D eigenvalue weighted by molar-refractivity contribution is 6.30. The molecule has 1 atom stereocenters. The van der Waals surface area contributed by atoms with E-state index in [0.29, 0.717) is 10.6 Å². The van der Waals surface area contributed by atoms with Crippen LogP contribution in [0.1, 0.15) is 27.9 Å². The smallest absolute Gasteiger partial charge is 0.337 e. The van der Waals surface area contributed by atoms with Crippen molar-refractivity contribution in [1.29, 1.82) is 0 Å². The fraction of sp³-hybridized carbons (Fsp3) is 0.118. The molecule has 1 N–H and O–H groups in total. The number of carbonyl (C=O) groups is 1. The summed E-state index contributed by atoms with van der Waals surface area (Å²) in [5.41, 5.74) is 0.276. The molecule has 0 fully saturated rings. The third-order valence-electron chi connectivity index (χ3n) is 3.55. The average molecular weight is 347 g/mol. The number of esters is 1. The Labute approximate surface area is 141 Å². The molecule has 7 heteroatoms. The fourth-order valence-electron chi connectivity index (χ4n) is 2.31. The Morgan fingerprint density at radius 1 is 1.25 bits per heavy atom. The number of nitrogens with zero attached hydrogens (tertiary/aromatic N) is 1. The lowest BCUT2D eigenvalue weighted by Crippen LogP contribution is -2.14. The zero-order chi connectivity index (χ0) is 17.3. The van der Waals surface area contributed by atoms with Crippen LogP contribution >= 0.6 is 11.6 Å². The molecule has 122 valence electrons. The van der Waals surface area contributed by atoms with Crippen LogP contribution in [0.4, 0.5) is 4.39 Å². The Kier molecular flexibility index (Phi) is 4.31. The van der Waals surface area contributed by atoms with Crippen molar-refractivity contribution in [2.75, 3.05) is 7.11 Å². The number of aromatic nitrogens is 2. The third kappa shape index (κ3) is 3.00. The molecule has 0 aliphatic rings. The van der Waals surface area contributed by atoms with Crippen LogP contribution in [0.3, 0.4) is 0 Å². The summed E-state index contributed by atoms with van der Waals surface area (Å²) >= 11 is 5.79. The van der Waals surface area contributed by atoms with Gasteiger partial charge in [0.2, 0.25) is 0 Å².